The van der Waals surface area contributed by atoms with Gasteiger partial charge in [-0.05, 0) is 44.7 Å². The average Bonchev–Trinajstić information content (AvgIpc) is 3.04. The van der Waals surface area contributed by atoms with Crippen LogP contribution in [0.5, 0.6) is 0 Å². The maximum atomic E-state index is 12.3. The Balaban J connectivity index is 1.77. The Morgan fingerprint density at radius 3 is 2.35 bits per heavy atom. The van der Waals surface area contributed by atoms with Gasteiger partial charge in [0.05, 0.1) is 4.90 Å². The quantitative estimate of drug-likeness (QED) is 0.861. The minimum Gasteiger partial charge on any atom is -0.472 e. The molecule has 1 heterocycles. The highest BCUT2D eigenvalue weighted by Gasteiger charge is 2.55. The van der Waals surface area contributed by atoms with Crippen LogP contribution < -0.4 is 4.83 Å². The Labute approximate surface area is 138 Å². The number of nitrogens with one attached hydrogen (secondary N) is 1. The van der Waals surface area contributed by atoms with E-state index >= 15 is 0 Å². The second-order valence-electron chi connectivity index (χ2n) is 7.28. The summed E-state index contributed by atoms with van der Waals surface area (Å²) in [7, 11) is -3.65. The highest BCUT2D eigenvalue weighted by atomic mass is 32.2. The van der Waals surface area contributed by atoms with E-state index in [1.807, 2.05) is 6.92 Å². The third-order valence-electron chi connectivity index (χ3n) is 5.17. The zero-order chi connectivity index (χ0) is 16.7. The Hall–Kier alpha value is -1.56. The molecule has 1 aliphatic carbocycles. The summed E-state index contributed by atoms with van der Waals surface area (Å²) in [5, 5.41) is 4.06. The Morgan fingerprint density at radius 2 is 1.74 bits per heavy atom. The summed E-state index contributed by atoms with van der Waals surface area (Å²) in [5.74, 6) is 0.493. The molecule has 1 saturated carbocycles. The fraction of sp³-hybridized carbons (Fsp3) is 0.588. The van der Waals surface area contributed by atoms with Crippen molar-refractivity contribution in [2.45, 2.75) is 63.4 Å². The van der Waals surface area contributed by atoms with Crippen molar-refractivity contribution < 1.29 is 13.2 Å². The number of ether oxygens (including phenoxy) is 1. The summed E-state index contributed by atoms with van der Waals surface area (Å²) in [6.07, 6.45) is 5.01. The first-order valence-corrected chi connectivity index (χ1v) is 9.57. The average molecular weight is 336 g/mol. The van der Waals surface area contributed by atoms with Gasteiger partial charge in [0, 0.05) is 11.8 Å². The van der Waals surface area contributed by atoms with Crippen LogP contribution >= 0.6 is 0 Å². The van der Waals surface area contributed by atoms with Crippen molar-refractivity contribution >= 4 is 15.9 Å². The summed E-state index contributed by atoms with van der Waals surface area (Å²) < 4.78 is 30.7. The number of hydrogen-bond acceptors (Lipinski definition) is 4. The summed E-state index contributed by atoms with van der Waals surface area (Å²) in [5.41, 5.74) is 0.818. The Kier molecular flexibility index (Phi) is 3.91. The molecule has 3 rings (SSSR count). The molecule has 1 N–H and O–H groups in total. The van der Waals surface area contributed by atoms with Crippen molar-refractivity contribution in [2.24, 2.45) is 10.5 Å². The Morgan fingerprint density at radius 1 is 1.13 bits per heavy atom. The van der Waals surface area contributed by atoms with Crippen LogP contribution in [-0.2, 0) is 14.8 Å². The summed E-state index contributed by atoms with van der Waals surface area (Å²) in [6.45, 7) is 6.27. The van der Waals surface area contributed by atoms with Crippen molar-refractivity contribution in [3.05, 3.63) is 29.8 Å². The molecule has 0 bridgehead atoms. The first-order chi connectivity index (χ1) is 10.7. The molecule has 6 heteroatoms. The van der Waals surface area contributed by atoms with Crippen LogP contribution in [0.15, 0.2) is 34.3 Å². The fourth-order valence-electron chi connectivity index (χ4n) is 3.61. The molecule has 1 aromatic rings. The number of benzene rings is 1. The lowest BCUT2D eigenvalue weighted by Gasteiger charge is -2.35. The molecule has 1 spiro atoms. The molecule has 0 aromatic heterocycles. The van der Waals surface area contributed by atoms with Crippen LogP contribution in [0.2, 0.25) is 0 Å². The third kappa shape index (κ3) is 2.96. The largest absolute Gasteiger partial charge is 0.472 e. The van der Waals surface area contributed by atoms with Gasteiger partial charge in [0.25, 0.3) is 10.0 Å². The lowest BCUT2D eigenvalue weighted by atomic mass is 9.73. The summed E-state index contributed by atoms with van der Waals surface area (Å²) in [6, 6.07) is 6.69. The second-order valence-corrected chi connectivity index (χ2v) is 8.94. The molecule has 0 atom stereocenters. The van der Waals surface area contributed by atoms with Crippen molar-refractivity contribution in [1.29, 1.82) is 0 Å². The van der Waals surface area contributed by atoms with Crippen LogP contribution in [0.3, 0.4) is 0 Å². The van der Waals surface area contributed by atoms with Gasteiger partial charge in [0.2, 0.25) is 5.90 Å². The molecule has 1 saturated heterocycles. The first-order valence-electron chi connectivity index (χ1n) is 8.08. The molecule has 23 heavy (non-hydrogen) atoms. The van der Waals surface area contributed by atoms with Crippen molar-refractivity contribution in [1.82, 2.24) is 4.83 Å². The van der Waals surface area contributed by atoms with E-state index in [1.54, 1.807) is 24.3 Å². The highest BCUT2D eigenvalue weighted by molar-refractivity contribution is 7.89. The van der Waals surface area contributed by atoms with E-state index in [1.165, 1.54) is 0 Å². The molecule has 1 aromatic carbocycles. The maximum absolute atomic E-state index is 12.3. The highest BCUT2D eigenvalue weighted by Crippen LogP contribution is 2.53. The van der Waals surface area contributed by atoms with E-state index in [4.69, 9.17) is 4.74 Å². The van der Waals surface area contributed by atoms with Gasteiger partial charge in [-0.1, -0.05) is 31.5 Å². The van der Waals surface area contributed by atoms with Crippen LogP contribution in [0.1, 0.15) is 51.5 Å². The first kappa shape index (κ1) is 16.3. The van der Waals surface area contributed by atoms with Gasteiger partial charge in [0.1, 0.15) is 5.60 Å². The van der Waals surface area contributed by atoms with E-state index in [9.17, 15) is 8.42 Å². The lowest BCUT2D eigenvalue weighted by Crippen LogP contribution is -2.38. The van der Waals surface area contributed by atoms with Crippen molar-refractivity contribution in [3.8, 4) is 0 Å². The molecule has 2 aliphatic rings. The number of hydrazone groups is 1. The molecular formula is C17H24N2O3S. The zero-order valence-corrected chi connectivity index (χ0v) is 14.7. The molecule has 1 aliphatic heterocycles. The molecule has 5 nitrogen and oxygen atoms in total. The van der Waals surface area contributed by atoms with Crippen molar-refractivity contribution in [3.63, 3.8) is 0 Å². The number of rotatable bonds is 3. The van der Waals surface area contributed by atoms with Crippen LogP contribution in [0.25, 0.3) is 0 Å². The van der Waals surface area contributed by atoms with Gasteiger partial charge >= 0.3 is 0 Å². The predicted octanol–water partition coefficient (Wildman–Crippen LogP) is 3.35. The minimum absolute atomic E-state index is 0.0162. The van der Waals surface area contributed by atoms with E-state index in [-0.39, 0.29) is 15.9 Å². The van der Waals surface area contributed by atoms with Crippen LogP contribution in [0, 0.1) is 12.3 Å². The van der Waals surface area contributed by atoms with Gasteiger partial charge in [-0.2, -0.15) is 13.2 Å². The number of sulfonamides is 1. The standard InChI is InChI=1S/C17H24N2O3S/c1-13-6-8-14(9-7-13)23(20,21)19-18-15-12-16(2,3)17(22-15)10-4-5-11-17/h6-9,19H,4-5,10-12H2,1-3H3/b18-15+. The molecule has 0 amide bonds. The normalized spacial score (nSPS) is 24.0. The predicted molar refractivity (Wildman–Crippen MR) is 89.6 cm³/mol. The van der Waals surface area contributed by atoms with E-state index < -0.39 is 10.0 Å². The van der Waals surface area contributed by atoms with E-state index in [0.29, 0.717) is 12.3 Å². The van der Waals surface area contributed by atoms with Crippen LogP contribution in [-0.4, -0.2) is 19.9 Å². The third-order valence-corrected chi connectivity index (χ3v) is 6.40. The fourth-order valence-corrected chi connectivity index (χ4v) is 4.43. The van der Waals surface area contributed by atoms with Gasteiger partial charge in [-0.25, -0.2) is 0 Å². The number of aryl methyl sites for hydroxylation is 1. The summed E-state index contributed by atoms with van der Waals surface area (Å²) in [4.78, 5) is 2.52. The molecule has 0 radical (unpaired) electrons. The second kappa shape index (κ2) is 5.51. The Bertz CT molecular complexity index is 715. The lowest BCUT2D eigenvalue weighted by molar-refractivity contribution is -0.00205. The smallest absolute Gasteiger partial charge is 0.276 e. The molecule has 126 valence electrons. The molecule has 0 unspecified atom stereocenters. The van der Waals surface area contributed by atoms with E-state index in [0.717, 1.165) is 31.2 Å². The molecule has 2 fully saturated rings. The van der Waals surface area contributed by atoms with Gasteiger partial charge in [0.15, 0.2) is 0 Å². The van der Waals surface area contributed by atoms with Crippen molar-refractivity contribution in [2.75, 3.05) is 0 Å². The monoisotopic (exact) mass is 336 g/mol. The topological polar surface area (TPSA) is 67.8 Å². The van der Waals surface area contributed by atoms with Gasteiger partial charge in [-0.15, -0.1) is 5.10 Å². The molecular weight excluding hydrogens is 312 g/mol. The minimum atomic E-state index is -3.65. The maximum Gasteiger partial charge on any atom is 0.276 e. The number of hydrogen-bond donors (Lipinski definition) is 1. The van der Waals surface area contributed by atoms with Gasteiger partial charge in [-0.3, -0.25) is 0 Å². The van der Waals surface area contributed by atoms with Crippen LogP contribution in [0.4, 0.5) is 0 Å². The summed E-state index contributed by atoms with van der Waals surface area (Å²) >= 11 is 0. The SMILES string of the molecule is Cc1ccc(S(=O)(=O)N/N=C2\CC(C)(C)C3(CCCC3)O2)cc1. The van der Waals surface area contributed by atoms with Gasteiger partial charge < -0.3 is 4.74 Å². The number of nitrogens with zero attached hydrogens (tertiary/aromatic N) is 1. The zero-order valence-electron chi connectivity index (χ0n) is 13.9. The van der Waals surface area contributed by atoms with E-state index in [2.05, 4.69) is 23.8 Å².